The molecule has 0 fully saturated rings. The molecule has 2 rings (SSSR count). The van der Waals surface area contributed by atoms with Gasteiger partial charge in [-0.3, -0.25) is 0 Å². The monoisotopic (exact) mass is 209 g/mol. The summed E-state index contributed by atoms with van der Waals surface area (Å²) in [6, 6.07) is 6.00. The number of benzene rings is 1. The van der Waals surface area contributed by atoms with E-state index in [1.165, 1.54) is 18.1 Å². The molecule has 1 aliphatic rings. The van der Waals surface area contributed by atoms with Crippen LogP contribution in [-0.4, -0.2) is 19.3 Å². The van der Waals surface area contributed by atoms with Gasteiger partial charge in [-0.15, -0.1) is 0 Å². The predicted octanol–water partition coefficient (Wildman–Crippen LogP) is 2.07. The highest BCUT2D eigenvalue weighted by atomic mass is 19.1. The van der Waals surface area contributed by atoms with Crippen molar-refractivity contribution in [3.05, 3.63) is 29.3 Å². The number of hydrogen-bond acceptors (Lipinski definition) is 2. The van der Waals surface area contributed by atoms with E-state index in [0.717, 1.165) is 25.3 Å². The van der Waals surface area contributed by atoms with Crippen LogP contribution in [0.25, 0.3) is 0 Å². The third kappa shape index (κ3) is 2.69. The molecule has 0 amide bonds. The molecule has 3 heteroatoms. The highest BCUT2D eigenvalue weighted by Crippen LogP contribution is 2.20. The molecule has 82 valence electrons. The molecule has 1 heterocycles. The Balaban J connectivity index is 2.07. The highest BCUT2D eigenvalue weighted by Gasteiger charge is 2.09. The summed E-state index contributed by atoms with van der Waals surface area (Å²) in [5.41, 5.74) is 2.64. The number of fused-ring (bicyclic) bond motifs is 1. The normalized spacial score (nSPS) is 16.9. The lowest BCUT2D eigenvalue weighted by Crippen LogP contribution is -2.23. The minimum atomic E-state index is -0.917. The standard InChI is InChI=1S/C12H16FNO/c1-9(13)8-15-12-3-2-10-4-5-14-7-11(10)6-12/h2-3,6,9,14H,4-5,7-8H2,1H3. The molecule has 1 aromatic carbocycles. The fourth-order valence-corrected chi connectivity index (χ4v) is 1.76. The zero-order valence-corrected chi connectivity index (χ0v) is 8.92. The summed E-state index contributed by atoms with van der Waals surface area (Å²) in [4.78, 5) is 0. The molecule has 15 heavy (non-hydrogen) atoms. The third-order valence-corrected chi connectivity index (χ3v) is 2.54. The second kappa shape index (κ2) is 4.62. The molecule has 1 aromatic rings. The van der Waals surface area contributed by atoms with Crippen LogP contribution in [0.4, 0.5) is 4.39 Å². The lowest BCUT2D eigenvalue weighted by Gasteiger charge is -2.18. The SMILES string of the molecule is CC(F)COc1ccc2c(c1)CNCC2. The van der Waals surface area contributed by atoms with Crippen molar-refractivity contribution < 1.29 is 9.13 Å². The first-order chi connectivity index (χ1) is 7.25. The largest absolute Gasteiger partial charge is 0.491 e. The molecule has 2 nitrogen and oxygen atoms in total. The van der Waals surface area contributed by atoms with Crippen LogP contribution in [0.5, 0.6) is 5.75 Å². The summed E-state index contributed by atoms with van der Waals surface area (Å²) in [5.74, 6) is 0.766. The molecule has 0 radical (unpaired) electrons. The van der Waals surface area contributed by atoms with Gasteiger partial charge in [0.05, 0.1) is 0 Å². The molecular formula is C12H16FNO. The highest BCUT2D eigenvalue weighted by molar-refractivity contribution is 5.37. The molecule has 0 saturated heterocycles. The van der Waals surface area contributed by atoms with E-state index in [1.54, 1.807) is 0 Å². The quantitative estimate of drug-likeness (QED) is 0.822. The fraction of sp³-hybridized carbons (Fsp3) is 0.500. The number of alkyl halides is 1. The lowest BCUT2D eigenvalue weighted by atomic mass is 10.0. The van der Waals surface area contributed by atoms with Gasteiger partial charge in [0.2, 0.25) is 0 Å². The van der Waals surface area contributed by atoms with E-state index in [1.807, 2.05) is 12.1 Å². The average Bonchev–Trinajstić information content (AvgIpc) is 2.26. The number of halogens is 1. The Morgan fingerprint density at radius 3 is 3.13 bits per heavy atom. The van der Waals surface area contributed by atoms with Crippen molar-refractivity contribution in [3.63, 3.8) is 0 Å². The minimum absolute atomic E-state index is 0.131. The zero-order chi connectivity index (χ0) is 10.7. The van der Waals surface area contributed by atoms with E-state index in [4.69, 9.17) is 4.74 Å². The van der Waals surface area contributed by atoms with Crippen molar-refractivity contribution in [3.8, 4) is 5.75 Å². The van der Waals surface area contributed by atoms with Crippen LogP contribution in [-0.2, 0) is 13.0 Å². The van der Waals surface area contributed by atoms with Crippen molar-refractivity contribution >= 4 is 0 Å². The van der Waals surface area contributed by atoms with Crippen LogP contribution < -0.4 is 10.1 Å². The minimum Gasteiger partial charge on any atom is -0.491 e. The molecule has 1 N–H and O–H groups in total. The van der Waals surface area contributed by atoms with Gasteiger partial charge in [-0.25, -0.2) is 4.39 Å². The second-order valence-corrected chi connectivity index (χ2v) is 3.95. The van der Waals surface area contributed by atoms with E-state index >= 15 is 0 Å². The summed E-state index contributed by atoms with van der Waals surface area (Å²) < 4.78 is 17.9. The Bertz CT molecular complexity index is 338. The molecule has 0 aliphatic carbocycles. The summed E-state index contributed by atoms with van der Waals surface area (Å²) >= 11 is 0. The molecular weight excluding hydrogens is 193 g/mol. The molecule has 1 aliphatic heterocycles. The van der Waals surface area contributed by atoms with Crippen LogP contribution >= 0.6 is 0 Å². The van der Waals surface area contributed by atoms with Crippen LogP contribution in [0.15, 0.2) is 18.2 Å². The molecule has 1 unspecified atom stereocenters. The Kier molecular flexibility index (Phi) is 3.21. The number of hydrogen-bond donors (Lipinski definition) is 1. The maximum Gasteiger partial charge on any atom is 0.131 e. The number of rotatable bonds is 3. The van der Waals surface area contributed by atoms with Gasteiger partial charge >= 0.3 is 0 Å². The number of nitrogens with one attached hydrogen (secondary N) is 1. The van der Waals surface area contributed by atoms with Gasteiger partial charge in [-0.05, 0) is 43.1 Å². The number of ether oxygens (including phenoxy) is 1. The van der Waals surface area contributed by atoms with Gasteiger partial charge in [0, 0.05) is 6.54 Å². The Morgan fingerprint density at radius 1 is 1.47 bits per heavy atom. The summed E-state index contributed by atoms with van der Waals surface area (Å²) in [7, 11) is 0. The predicted molar refractivity (Wildman–Crippen MR) is 57.9 cm³/mol. The lowest BCUT2D eigenvalue weighted by molar-refractivity contribution is 0.209. The van der Waals surface area contributed by atoms with Crippen molar-refractivity contribution in [2.45, 2.75) is 26.1 Å². The van der Waals surface area contributed by atoms with Gasteiger partial charge in [-0.2, -0.15) is 0 Å². The van der Waals surface area contributed by atoms with Crippen molar-refractivity contribution in [2.75, 3.05) is 13.2 Å². The molecule has 1 atom stereocenters. The van der Waals surface area contributed by atoms with Gasteiger partial charge in [-0.1, -0.05) is 6.07 Å². The van der Waals surface area contributed by atoms with E-state index in [0.29, 0.717) is 0 Å². The van der Waals surface area contributed by atoms with E-state index < -0.39 is 6.17 Å². The van der Waals surface area contributed by atoms with Gasteiger partial charge in [0.1, 0.15) is 18.5 Å². The van der Waals surface area contributed by atoms with Crippen molar-refractivity contribution in [1.29, 1.82) is 0 Å². The molecule has 0 spiro atoms. The van der Waals surface area contributed by atoms with Gasteiger partial charge < -0.3 is 10.1 Å². The molecule has 0 saturated carbocycles. The maximum atomic E-state index is 12.6. The Hall–Kier alpha value is -1.09. The second-order valence-electron chi connectivity index (χ2n) is 3.95. The fourth-order valence-electron chi connectivity index (χ4n) is 1.76. The Morgan fingerprint density at radius 2 is 2.33 bits per heavy atom. The summed E-state index contributed by atoms with van der Waals surface area (Å²) in [5, 5.41) is 3.30. The van der Waals surface area contributed by atoms with E-state index in [-0.39, 0.29) is 6.61 Å². The van der Waals surface area contributed by atoms with E-state index in [2.05, 4.69) is 11.4 Å². The van der Waals surface area contributed by atoms with Crippen molar-refractivity contribution in [1.82, 2.24) is 5.32 Å². The summed E-state index contributed by atoms with van der Waals surface area (Å²) in [6.07, 6.45) is 0.147. The van der Waals surface area contributed by atoms with E-state index in [9.17, 15) is 4.39 Å². The van der Waals surface area contributed by atoms with Crippen LogP contribution in [0.1, 0.15) is 18.1 Å². The van der Waals surface area contributed by atoms with Crippen LogP contribution in [0.3, 0.4) is 0 Å². The van der Waals surface area contributed by atoms with Crippen molar-refractivity contribution in [2.24, 2.45) is 0 Å². The van der Waals surface area contributed by atoms with Gasteiger partial charge in [0.25, 0.3) is 0 Å². The first kappa shape index (κ1) is 10.4. The van der Waals surface area contributed by atoms with Crippen LogP contribution in [0, 0.1) is 0 Å². The smallest absolute Gasteiger partial charge is 0.131 e. The molecule has 0 bridgehead atoms. The van der Waals surface area contributed by atoms with Crippen LogP contribution in [0.2, 0.25) is 0 Å². The third-order valence-electron chi connectivity index (χ3n) is 2.54. The topological polar surface area (TPSA) is 21.3 Å². The first-order valence-electron chi connectivity index (χ1n) is 5.35. The molecule has 0 aromatic heterocycles. The summed E-state index contributed by atoms with van der Waals surface area (Å²) in [6.45, 7) is 3.55. The Labute approximate surface area is 89.4 Å². The van der Waals surface area contributed by atoms with Gasteiger partial charge in [0.15, 0.2) is 0 Å². The first-order valence-corrected chi connectivity index (χ1v) is 5.35. The maximum absolute atomic E-state index is 12.6. The average molecular weight is 209 g/mol. The zero-order valence-electron chi connectivity index (χ0n) is 8.92.